The van der Waals surface area contributed by atoms with Crippen LogP contribution in [0.4, 0.5) is 0 Å². The van der Waals surface area contributed by atoms with Gasteiger partial charge < -0.3 is 15.7 Å². The zero-order chi connectivity index (χ0) is 13.4. The van der Waals surface area contributed by atoms with Gasteiger partial charge in [-0.25, -0.2) is 0 Å². The Morgan fingerprint density at radius 3 is 2.17 bits per heavy atom. The van der Waals surface area contributed by atoms with Gasteiger partial charge in [-0.3, -0.25) is 9.59 Å². The van der Waals surface area contributed by atoms with Gasteiger partial charge >= 0.3 is 5.97 Å². The van der Waals surface area contributed by atoms with Gasteiger partial charge in [-0.2, -0.15) is 0 Å². The lowest BCUT2D eigenvalue weighted by molar-refractivity contribution is -0.153. The highest BCUT2D eigenvalue weighted by Crippen LogP contribution is 2.35. The molecule has 3 N–H and O–H groups in total. The third kappa shape index (κ3) is 2.51. The molecule has 2 fully saturated rings. The molecule has 5 heteroatoms. The van der Waals surface area contributed by atoms with Crippen LogP contribution in [0.2, 0.25) is 0 Å². The Hall–Kier alpha value is -1.10. The van der Waals surface area contributed by atoms with Crippen LogP contribution >= 0.6 is 0 Å². The summed E-state index contributed by atoms with van der Waals surface area (Å²) in [5.41, 5.74) is 5.11. The molecule has 0 spiro atoms. The lowest BCUT2D eigenvalue weighted by Gasteiger charge is -2.41. The summed E-state index contributed by atoms with van der Waals surface area (Å²) >= 11 is 0. The summed E-state index contributed by atoms with van der Waals surface area (Å²) < 4.78 is 0. The second kappa shape index (κ2) is 4.53. The van der Waals surface area contributed by atoms with E-state index >= 15 is 0 Å². The minimum atomic E-state index is -0.760. The monoisotopic (exact) mass is 254 g/mol. The minimum Gasteiger partial charge on any atom is -0.481 e. The quantitative estimate of drug-likeness (QED) is 0.786. The molecule has 1 amide bonds. The van der Waals surface area contributed by atoms with Crippen molar-refractivity contribution in [3.8, 4) is 0 Å². The van der Waals surface area contributed by atoms with E-state index < -0.39 is 11.4 Å². The van der Waals surface area contributed by atoms with Crippen molar-refractivity contribution < 1.29 is 14.7 Å². The summed E-state index contributed by atoms with van der Waals surface area (Å²) in [4.78, 5) is 25.0. The van der Waals surface area contributed by atoms with Gasteiger partial charge in [0.25, 0.3) is 0 Å². The molecule has 1 saturated heterocycles. The summed E-state index contributed by atoms with van der Waals surface area (Å²) in [7, 11) is 0. The van der Waals surface area contributed by atoms with Crippen LogP contribution in [0, 0.1) is 5.41 Å². The number of nitrogens with two attached hydrogens (primary N) is 1. The zero-order valence-electron chi connectivity index (χ0n) is 10.9. The second-order valence-electron chi connectivity index (χ2n) is 6.14. The van der Waals surface area contributed by atoms with Crippen molar-refractivity contribution in [1.29, 1.82) is 0 Å². The number of rotatable bonds is 3. The van der Waals surface area contributed by atoms with Crippen molar-refractivity contribution in [1.82, 2.24) is 4.90 Å². The van der Waals surface area contributed by atoms with Gasteiger partial charge in [-0.15, -0.1) is 0 Å². The zero-order valence-corrected chi connectivity index (χ0v) is 10.9. The van der Waals surface area contributed by atoms with Gasteiger partial charge in [0.1, 0.15) is 0 Å². The lowest BCUT2D eigenvalue weighted by Crippen LogP contribution is -2.52. The van der Waals surface area contributed by atoms with Crippen LogP contribution in [-0.2, 0) is 9.59 Å². The molecule has 1 aliphatic carbocycles. The molecule has 0 aromatic rings. The Balaban J connectivity index is 1.86. The van der Waals surface area contributed by atoms with E-state index in [9.17, 15) is 9.59 Å². The van der Waals surface area contributed by atoms with Crippen LogP contribution in [0.15, 0.2) is 0 Å². The van der Waals surface area contributed by atoms with Gasteiger partial charge in [0.05, 0.1) is 5.41 Å². The minimum absolute atomic E-state index is 0.0876. The highest BCUT2D eigenvalue weighted by Gasteiger charge is 2.40. The summed E-state index contributed by atoms with van der Waals surface area (Å²) in [6, 6.07) is 0. The van der Waals surface area contributed by atoms with Crippen LogP contribution in [0.3, 0.4) is 0 Å². The standard InChI is InChI=1S/C13H22N2O3/c1-12(11(17)18)5-7-15(8-6-12)10(16)9-13(14)3-2-4-13/h2-9,14H2,1H3,(H,17,18). The fourth-order valence-corrected chi connectivity index (χ4v) is 2.68. The number of carboxylic acids is 1. The summed E-state index contributed by atoms with van der Waals surface area (Å²) in [5, 5.41) is 9.13. The molecule has 2 rings (SSSR count). The molecule has 1 saturated carbocycles. The fourth-order valence-electron chi connectivity index (χ4n) is 2.68. The molecule has 1 heterocycles. The van der Waals surface area contributed by atoms with E-state index in [-0.39, 0.29) is 11.4 Å². The smallest absolute Gasteiger partial charge is 0.309 e. The molecule has 0 aromatic heterocycles. The molecule has 102 valence electrons. The maximum atomic E-state index is 12.1. The van der Waals surface area contributed by atoms with Crippen LogP contribution < -0.4 is 5.73 Å². The number of carbonyl (C=O) groups is 2. The van der Waals surface area contributed by atoms with E-state index in [1.54, 1.807) is 11.8 Å². The van der Waals surface area contributed by atoms with Crippen molar-refractivity contribution in [3.63, 3.8) is 0 Å². The van der Waals surface area contributed by atoms with Crippen LogP contribution in [0.5, 0.6) is 0 Å². The fraction of sp³-hybridized carbons (Fsp3) is 0.846. The molecule has 18 heavy (non-hydrogen) atoms. The average molecular weight is 254 g/mol. The lowest BCUT2D eigenvalue weighted by atomic mass is 9.74. The van der Waals surface area contributed by atoms with Crippen molar-refractivity contribution >= 4 is 11.9 Å². The Morgan fingerprint density at radius 1 is 1.22 bits per heavy atom. The Kier molecular flexibility index (Phi) is 3.36. The molecule has 2 aliphatic rings. The number of hydrogen-bond donors (Lipinski definition) is 2. The predicted octanol–water partition coefficient (Wildman–Crippen LogP) is 0.971. The highest BCUT2D eigenvalue weighted by atomic mass is 16.4. The van der Waals surface area contributed by atoms with Crippen molar-refractivity contribution in [2.45, 2.75) is 51.0 Å². The number of piperidine rings is 1. The first kappa shape index (κ1) is 13.3. The summed E-state index contributed by atoms with van der Waals surface area (Å²) in [5.74, 6) is -0.673. The third-order valence-electron chi connectivity index (χ3n) is 4.59. The molecule has 0 bridgehead atoms. The molecular formula is C13H22N2O3. The Labute approximate surface area is 107 Å². The average Bonchev–Trinajstić information content (AvgIpc) is 2.27. The first-order chi connectivity index (χ1) is 8.35. The number of carboxylic acid groups (broad SMARTS) is 1. The van der Waals surface area contributed by atoms with Gasteiger partial charge in [0.2, 0.25) is 5.91 Å². The van der Waals surface area contributed by atoms with E-state index in [1.807, 2.05) is 0 Å². The number of likely N-dealkylation sites (tertiary alicyclic amines) is 1. The van der Waals surface area contributed by atoms with E-state index in [2.05, 4.69) is 0 Å². The van der Waals surface area contributed by atoms with E-state index in [0.29, 0.717) is 32.4 Å². The maximum Gasteiger partial charge on any atom is 0.309 e. The van der Waals surface area contributed by atoms with Gasteiger partial charge in [0.15, 0.2) is 0 Å². The summed E-state index contributed by atoms with van der Waals surface area (Å²) in [6.07, 6.45) is 4.45. The highest BCUT2D eigenvalue weighted by molar-refractivity contribution is 5.79. The van der Waals surface area contributed by atoms with Crippen molar-refractivity contribution in [2.24, 2.45) is 11.1 Å². The van der Waals surface area contributed by atoms with Gasteiger partial charge in [-0.05, 0) is 39.0 Å². The van der Waals surface area contributed by atoms with E-state index in [4.69, 9.17) is 10.8 Å². The molecule has 0 unspecified atom stereocenters. The topological polar surface area (TPSA) is 83.6 Å². The molecule has 0 atom stereocenters. The molecule has 0 aromatic carbocycles. The number of aliphatic carboxylic acids is 1. The van der Waals surface area contributed by atoms with Gasteiger partial charge in [-0.1, -0.05) is 0 Å². The van der Waals surface area contributed by atoms with Crippen LogP contribution in [-0.4, -0.2) is 40.5 Å². The molecule has 0 radical (unpaired) electrons. The number of carbonyl (C=O) groups excluding carboxylic acids is 1. The SMILES string of the molecule is CC1(C(=O)O)CCN(C(=O)CC2(N)CCC2)CC1. The van der Waals surface area contributed by atoms with Crippen LogP contribution in [0.1, 0.15) is 45.4 Å². The first-order valence-electron chi connectivity index (χ1n) is 6.65. The van der Waals surface area contributed by atoms with Gasteiger partial charge in [0, 0.05) is 25.0 Å². The molecule has 1 aliphatic heterocycles. The van der Waals surface area contributed by atoms with Crippen LogP contribution in [0.25, 0.3) is 0 Å². The molecule has 5 nitrogen and oxygen atoms in total. The third-order valence-corrected chi connectivity index (χ3v) is 4.59. The largest absolute Gasteiger partial charge is 0.481 e. The maximum absolute atomic E-state index is 12.1. The number of hydrogen-bond acceptors (Lipinski definition) is 3. The van der Waals surface area contributed by atoms with Crippen molar-refractivity contribution in [3.05, 3.63) is 0 Å². The van der Waals surface area contributed by atoms with Crippen molar-refractivity contribution in [2.75, 3.05) is 13.1 Å². The number of amides is 1. The predicted molar refractivity (Wildman–Crippen MR) is 66.9 cm³/mol. The normalized spacial score (nSPS) is 25.3. The second-order valence-corrected chi connectivity index (χ2v) is 6.14. The summed E-state index contributed by atoms with van der Waals surface area (Å²) in [6.45, 7) is 2.84. The van der Waals surface area contributed by atoms with E-state index in [1.165, 1.54) is 0 Å². The Morgan fingerprint density at radius 2 is 1.78 bits per heavy atom. The molecular weight excluding hydrogens is 232 g/mol. The first-order valence-corrected chi connectivity index (χ1v) is 6.65. The van der Waals surface area contributed by atoms with E-state index in [0.717, 1.165) is 19.3 Å². The Bertz CT molecular complexity index is 355. The number of nitrogens with zero attached hydrogens (tertiary/aromatic N) is 1.